The van der Waals surface area contributed by atoms with Crippen LogP contribution in [0.25, 0.3) is 0 Å². The van der Waals surface area contributed by atoms with Crippen molar-refractivity contribution in [2.24, 2.45) is 0 Å². The fourth-order valence-electron chi connectivity index (χ4n) is 3.11. The third kappa shape index (κ3) is 5.39. The lowest BCUT2D eigenvalue weighted by Crippen LogP contribution is -2.46. The summed E-state index contributed by atoms with van der Waals surface area (Å²) in [6.07, 6.45) is -1.50. The Morgan fingerprint density at radius 1 is 1.18 bits per heavy atom. The monoisotopic (exact) mass is 495 g/mol. The number of benzene rings is 2. The lowest BCUT2D eigenvalue weighted by Gasteiger charge is -2.32. The fraction of sp³-hybridized carbons (Fsp3) is 0.182. The SMILES string of the molecule is CNN1C(C(=O)O)=C(Cl)C(Oc2ccc(O)c(C(=O)NCCc3ccccc3)c2)=C(Cl)C1F. The number of rotatable bonds is 8. The maximum absolute atomic E-state index is 14.7. The smallest absolute Gasteiger partial charge is 0.355 e. The second-order valence-corrected chi connectivity index (χ2v) is 7.63. The second-order valence-electron chi connectivity index (χ2n) is 6.85. The summed E-state index contributed by atoms with van der Waals surface area (Å²) in [5.74, 6) is -2.81. The van der Waals surface area contributed by atoms with Crippen molar-refractivity contribution in [2.75, 3.05) is 13.6 Å². The molecule has 0 fully saturated rings. The molecule has 0 radical (unpaired) electrons. The predicted octanol–water partition coefficient (Wildman–Crippen LogP) is 3.47. The summed E-state index contributed by atoms with van der Waals surface area (Å²) >= 11 is 12.2. The molecule has 0 spiro atoms. The van der Waals surface area contributed by atoms with Gasteiger partial charge in [0.05, 0.1) is 5.56 Å². The van der Waals surface area contributed by atoms with Crippen LogP contribution in [0.15, 0.2) is 70.1 Å². The maximum Gasteiger partial charge on any atom is 0.355 e. The third-order valence-electron chi connectivity index (χ3n) is 4.72. The average Bonchev–Trinajstić information content (AvgIpc) is 2.80. The van der Waals surface area contributed by atoms with Gasteiger partial charge in [-0.15, -0.1) is 0 Å². The number of carboxylic acid groups (broad SMARTS) is 1. The van der Waals surface area contributed by atoms with Gasteiger partial charge in [0.1, 0.15) is 21.6 Å². The Kier molecular flexibility index (Phi) is 7.80. The van der Waals surface area contributed by atoms with Crippen LogP contribution in [0.2, 0.25) is 0 Å². The van der Waals surface area contributed by atoms with E-state index >= 15 is 0 Å². The first-order valence-corrected chi connectivity index (χ1v) is 10.5. The average molecular weight is 496 g/mol. The van der Waals surface area contributed by atoms with Crippen LogP contribution in [0.5, 0.6) is 11.5 Å². The molecule has 1 aliphatic heterocycles. The van der Waals surface area contributed by atoms with E-state index in [0.717, 1.165) is 5.56 Å². The van der Waals surface area contributed by atoms with Gasteiger partial charge in [-0.05, 0) is 30.2 Å². The minimum atomic E-state index is -2.09. The number of aliphatic carboxylic acids is 1. The summed E-state index contributed by atoms with van der Waals surface area (Å²) in [5, 5.41) is 21.9. The summed E-state index contributed by atoms with van der Waals surface area (Å²) in [7, 11) is 1.30. The number of amides is 1. The topological polar surface area (TPSA) is 111 Å². The second kappa shape index (κ2) is 10.6. The van der Waals surface area contributed by atoms with Crippen molar-refractivity contribution in [3.05, 3.63) is 81.2 Å². The highest BCUT2D eigenvalue weighted by Crippen LogP contribution is 2.38. The highest BCUT2D eigenvalue weighted by atomic mass is 35.5. The summed E-state index contributed by atoms with van der Waals surface area (Å²) in [5.41, 5.74) is 2.70. The zero-order chi connectivity index (χ0) is 24.1. The number of carbonyl (C=O) groups is 2. The van der Waals surface area contributed by atoms with Crippen LogP contribution in [0, 0.1) is 0 Å². The minimum absolute atomic E-state index is 0.0119. The van der Waals surface area contributed by atoms with Crippen molar-refractivity contribution >= 4 is 35.1 Å². The number of nitrogens with one attached hydrogen (secondary N) is 2. The Morgan fingerprint density at radius 2 is 1.88 bits per heavy atom. The first kappa shape index (κ1) is 24.4. The summed E-state index contributed by atoms with van der Waals surface area (Å²) in [6, 6.07) is 13.3. The number of hydrogen-bond acceptors (Lipinski definition) is 6. The first-order chi connectivity index (χ1) is 15.7. The highest BCUT2D eigenvalue weighted by molar-refractivity contribution is 6.37. The Labute approximate surface area is 198 Å². The number of hydrogen-bond donors (Lipinski definition) is 4. The third-order valence-corrected chi connectivity index (χ3v) is 5.42. The molecule has 1 unspecified atom stereocenters. The molecule has 0 aliphatic carbocycles. The minimum Gasteiger partial charge on any atom is -0.507 e. The highest BCUT2D eigenvalue weighted by Gasteiger charge is 2.38. The van der Waals surface area contributed by atoms with E-state index in [9.17, 15) is 24.2 Å². The van der Waals surface area contributed by atoms with Gasteiger partial charge in [0.15, 0.2) is 11.5 Å². The zero-order valence-electron chi connectivity index (χ0n) is 17.3. The molecule has 1 atom stereocenters. The van der Waals surface area contributed by atoms with E-state index < -0.39 is 39.7 Å². The van der Waals surface area contributed by atoms with E-state index in [1.807, 2.05) is 30.3 Å². The van der Waals surface area contributed by atoms with Gasteiger partial charge in [0, 0.05) is 13.6 Å². The van der Waals surface area contributed by atoms with Crippen LogP contribution in [-0.2, 0) is 11.2 Å². The molecule has 8 nitrogen and oxygen atoms in total. The van der Waals surface area contributed by atoms with Crippen LogP contribution >= 0.6 is 23.2 Å². The predicted molar refractivity (Wildman–Crippen MR) is 120 cm³/mol. The van der Waals surface area contributed by atoms with Crippen LogP contribution < -0.4 is 15.5 Å². The summed E-state index contributed by atoms with van der Waals surface area (Å²) in [6.45, 7) is 0.324. The van der Waals surface area contributed by atoms with Crippen LogP contribution in [-0.4, -0.2) is 47.0 Å². The number of carbonyl (C=O) groups excluding carboxylic acids is 1. The van der Waals surface area contributed by atoms with Gasteiger partial charge in [-0.25, -0.2) is 14.6 Å². The van der Waals surface area contributed by atoms with Crippen LogP contribution in [0.4, 0.5) is 4.39 Å². The largest absolute Gasteiger partial charge is 0.507 e. The van der Waals surface area contributed by atoms with Crippen LogP contribution in [0.1, 0.15) is 15.9 Å². The zero-order valence-corrected chi connectivity index (χ0v) is 18.8. The number of alkyl halides is 1. The molecule has 1 aliphatic rings. The van der Waals surface area contributed by atoms with Gasteiger partial charge in [-0.3, -0.25) is 9.80 Å². The van der Waals surface area contributed by atoms with E-state index in [1.165, 1.54) is 25.2 Å². The van der Waals surface area contributed by atoms with Gasteiger partial charge >= 0.3 is 5.97 Å². The molecular formula is C22H20Cl2FN3O5. The van der Waals surface area contributed by atoms with Crippen molar-refractivity contribution in [2.45, 2.75) is 12.7 Å². The van der Waals surface area contributed by atoms with Crippen molar-refractivity contribution in [3.8, 4) is 11.5 Å². The molecule has 1 heterocycles. The number of aromatic hydroxyl groups is 1. The van der Waals surface area contributed by atoms with Crippen molar-refractivity contribution in [3.63, 3.8) is 0 Å². The number of nitrogens with zero attached hydrogens (tertiary/aromatic N) is 1. The molecular weight excluding hydrogens is 476 g/mol. The number of hydrazine groups is 1. The molecule has 0 bridgehead atoms. The van der Waals surface area contributed by atoms with Gasteiger partial charge in [0.2, 0.25) is 6.30 Å². The number of phenolic OH excluding ortho intramolecular Hbond substituents is 1. The molecule has 33 heavy (non-hydrogen) atoms. The molecule has 174 valence electrons. The van der Waals surface area contributed by atoms with Crippen LogP contribution in [0.3, 0.4) is 0 Å². The van der Waals surface area contributed by atoms with Gasteiger partial charge in [0.25, 0.3) is 5.91 Å². The fourth-order valence-corrected chi connectivity index (χ4v) is 3.70. The molecule has 0 aromatic heterocycles. The molecule has 11 heteroatoms. The standard InChI is InChI=1S/C22H20Cl2FN3O5/c1-26-28-18(22(31)32)16(23)19(17(24)20(28)25)33-13-7-8-15(29)14(11-13)21(30)27-10-9-12-5-3-2-4-6-12/h2-8,11,20,26,29H,9-10H2,1H3,(H,27,30)(H,31,32). The van der Waals surface area contributed by atoms with E-state index in [1.54, 1.807) is 0 Å². The number of halogens is 3. The Balaban J connectivity index is 1.80. The Hall–Kier alpha value is -3.27. The molecule has 1 amide bonds. The number of ether oxygens (including phenoxy) is 1. The Bertz CT molecular complexity index is 1120. The molecule has 0 saturated heterocycles. The quantitative estimate of drug-likeness (QED) is 0.415. The van der Waals surface area contributed by atoms with Crippen molar-refractivity contribution < 1.29 is 28.9 Å². The van der Waals surface area contributed by atoms with E-state index in [-0.39, 0.29) is 17.1 Å². The van der Waals surface area contributed by atoms with E-state index in [2.05, 4.69) is 10.7 Å². The lowest BCUT2D eigenvalue weighted by molar-refractivity contribution is -0.136. The van der Waals surface area contributed by atoms with Gasteiger partial charge < -0.3 is 20.3 Å². The summed E-state index contributed by atoms with van der Waals surface area (Å²) < 4.78 is 20.2. The van der Waals surface area contributed by atoms with E-state index in [0.29, 0.717) is 18.0 Å². The molecule has 4 N–H and O–H groups in total. The molecule has 2 aromatic carbocycles. The maximum atomic E-state index is 14.7. The van der Waals surface area contributed by atoms with Crippen molar-refractivity contribution in [1.29, 1.82) is 0 Å². The lowest BCUT2D eigenvalue weighted by atomic mass is 10.1. The van der Waals surface area contributed by atoms with Gasteiger partial charge in [-0.1, -0.05) is 53.5 Å². The van der Waals surface area contributed by atoms with Crippen molar-refractivity contribution in [1.82, 2.24) is 15.8 Å². The number of allylic oxidation sites excluding steroid dienone is 1. The van der Waals surface area contributed by atoms with E-state index in [4.69, 9.17) is 27.9 Å². The van der Waals surface area contributed by atoms with Gasteiger partial charge in [-0.2, -0.15) is 0 Å². The Morgan fingerprint density at radius 3 is 2.52 bits per heavy atom. The molecule has 2 aromatic rings. The number of phenols is 1. The number of carboxylic acids is 1. The summed E-state index contributed by atoms with van der Waals surface area (Å²) in [4.78, 5) is 24.1. The first-order valence-electron chi connectivity index (χ1n) is 9.71. The molecule has 3 rings (SSSR count). The molecule has 0 saturated carbocycles. The normalized spacial score (nSPS) is 16.1.